The number of amides is 1. The molecule has 1 N–H and O–H groups in total. The van der Waals surface area contributed by atoms with Gasteiger partial charge in [0.25, 0.3) is 5.91 Å². The molecule has 3 aromatic carbocycles. The van der Waals surface area contributed by atoms with Crippen LogP contribution < -0.4 is 15.0 Å². The number of hydrogen-bond donors (Lipinski definition) is 1. The van der Waals surface area contributed by atoms with E-state index in [9.17, 15) is 4.79 Å². The summed E-state index contributed by atoms with van der Waals surface area (Å²) in [6.45, 7) is 0.591. The van der Waals surface area contributed by atoms with Gasteiger partial charge in [0.2, 0.25) is 0 Å². The van der Waals surface area contributed by atoms with E-state index < -0.39 is 0 Å². The van der Waals surface area contributed by atoms with Crippen LogP contribution in [0.2, 0.25) is 5.02 Å². The Kier molecular flexibility index (Phi) is 5.53. The van der Waals surface area contributed by atoms with Gasteiger partial charge in [-0.1, -0.05) is 60.1 Å². The van der Waals surface area contributed by atoms with Gasteiger partial charge in [-0.05, 0) is 29.3 Å². The lowest BCUT2D eigenvalue weighted by Crippen LogP contribution is -2.32. The highest BCUT2D eigenvalue weighted by Gasteiger charge is 2.27. The summed E-state index contributed by atoms with van der Waals surface area (Å²) in [4.78, 5) is 16.3. The SMILES string of the molecule is CN(C)c1c(C(=O)N[C@H]2CCOc3ccccc32)sc2c(-c3cccc(Cl)c3)cccc12. The summed E-state index contributed by atoms with van der Waals surface area (Å²) >= 11 is 7.78. The number of hydrogen-bond acceptors (Lipinski definition) is 4. The van der Waals surface area contributed by atoms with Crippen LogP contribution in [0.15, 0.2) is 66.7 Å². The largest absolute Gasteiger partial charge is 0.493 e. The average Bonchev–Trinajstić information content (AvgIpc) is 3.19. The fourth-order valence-corrected chi connectivity index (χ4v) is 5.81. The first-order valence-corrected chi connectivity index (χ1v) is 11.7. The molecule has 1 aromatic heterocycles. The number of benzene rings is 3. The molecule has 0 fully saturated rings. The summed E-state index contributed by atoms with van der Waals surface area (Å²) in [6.07, 6.45) is 0.749. The molecule has 1 aliphatic rings. The predicted molar refractivity (Wildman–Crippen MR) is 133 cm³/mol. The maximum Gasteiger partial charge on any atom is 0.264 e. The molecule has 6 heteroatoms. The Hall–Kier alpha value is -3.02. The number of carbonyl (C=O) groups is 1. The quantitative estimate of drug-likeness (QED) is 0.374. The maximum atomic E-state index is 13.5. The molecular formula is C26H23ClN2O2S. The van der Waals surface area contributed by atoms with Gasteiger partial charge < -0.3 is 15.0 Å². The highest BCUT2D eigenvalue weighted by atomic mass is 35.5. The van der Waals surface area contributed by atoms with Crippen molar-refractivity contribution < 1.29 is 9.53 Å². The first-order valence-electron chi connectivity index (χ1n) is 10.5. The van der Waals surface area contributed by atoms with Crippen LogP contribution in [-0.4, -0.2) is 26.6 Å². The molecule has 4 nitrogen and oxygen atoms in total. The van der Waals surface area contributed by atoms with Crippen LogP contribution in [0.25, 0.3) is 21.2 Å². The van der Waals surface area contributed by atoms with Gasteiger partial charge in [-0.2, -0.15) is 0 Å². The lowest BCUT2D eigenvalue weighted by Gasteiger charge is -2.26. The first-order chi connectivity index (χ1) is 15.5. The number of carbonyl (C=O) groups excluding carboxylic acids is 1. The molecular weight excluding hydrogens is 440 g/mol. The van der Waals surface area contributed by atoms with E-state index in [2.05, 4.69) is 23.5 Å². The van der Waals surface area contributed by atoms with Crippen LogP contribution >= 0.6 is 22.9 Å². The minimum Gasteiger partial charge on any atom is -0.493 e. The number of anilines is 1. The summed E-state index contributed by atoms with van der Waals surface area (Å²) in [5.74, 6) is 0.783. The summed E-state index contributed by atoms with van der Waals surface area (Å²) in [7, 11) is 3.96. The van der Waals surface area contributed by atoms with Crippen molar-refractivity contribution >= 4 is 44.6 Å². The average molecular weight is 463 g/mol. The molecule has 0 radical (unpaired) electrons. The first kappa shape index (κ1) is 20.9. The number of nitrogens with zero attached hydrogens (tertiary/aromatic N) is 1. The lowest BCUT2D eigenvalue weighted by atomic mass is 10.0. The zero-order valence-corrected chi connectivity index (χ0v) is 19.5. The molecule has 0 spiro atoms. The molecule has 162 valence electrons. The van der Waals surface area contributed by atoms with Gasteiger partial charge in [0.05, 0.1) is 18.3 Å². The van der Waals surface area contributed by atoms with Crippen molar-refractivity contribution in [2.24, 2.45) is 0 Å². The Labute approximate surface area is 196 Å². The number of halogens is 1. The van der Waals surface area contributed by atoms with Gasteiger partial charge in [0.15, 0.2) is 0 Å². The Morgan fingerprint density at radius 1 is 1.09 bits per heavy atom. The van der Waals surface area contributed by atoms with Gasteiger partial charge in [-0.25, -0.2) is 0 Å². The molecule has 2 heterocycles. The van der Waals surface area contributed by atoms with Crippen LogP contribution in [-0.2, 0) is 0 Å². The van der Waals surface area contributed by atoms with Gasteiger partial charge in [0, 0.05) is 41.2 Å². The van der Waals surface area contributed by atoms with Crippen molar-refractivity contribution in [1.29, 1.82) is 0 Å². The van der Waals surface area contributed by atoms with Crippen LogP contribution in [0.1, 0.15) is 27.7 Å². The van der Waals surface area contributed by atoms with E-state index in [4.69, 9.17) is 16.3 Å². The van der Waals surface area contributed by atoms with Crippen LogP contribution in [0.3, 0.4) is 0 Å². The van der Waals surface area contributed by atoms with E-state index in [-0.39, 0.29) is 11.9 Å². The molecule has 4 aromatic rings. The van der Waals surface area contributed by atoms with E-state index in [0.717, 1.165) is 44.6 Å². The summed E-state index contributed by atoms with van der Waals surface area (Å²) in [5, 5.41) is 5.02. The minimum atomic E-state index is -0.0694. The fraction of sp³-hybridized carbons (Fsp3) is 0.192. The van der Waals surface area contributed by atoms with Gasteiger partial charge in [-0.15, -0.1) is 11.3 Å². The number of nitrogens with one attached hydrogen (secondary N) is 1. The summed E-state index contributed by atoms with van der Waals surface area (Å²) in [5.41, 5.74) is 4.08. The third kappa shape index (κ3) is 3.72. The van der Waals surface area contributed by atoms with Crippen molar-refractivity contribution in [2.45, 2.75) is 12.5 Å². The van der Waals surface area contributed by atoms with Gasteiger partial charge in [-0.3, -0.25) is 4.79 Å². The van der Waals surface area contributed by atoms with Crippen molar-refractivity contribution in [1.82, 2.24) is 5.32 Å². The third-order valence-electron chi connectivity index (χ3n) is 5.74. The molecule has 0 aliphatic carbocycles. The topological polar surface area (TPSA) is 41.6 Å². The van der Waals surface area contributed by atoms with Crippen LogP contribution in [0.4, 0.5) is 5.69 Å². The van der Waals surface area contributed by atoms with E-state index >= 15 is 0 Å². The standard InChI is InChI=1S/C26H23ClN2O2S/c1-29(2)23-20-11-6-10-18(16-7-5-8-17(27)15-16)24(20)32-25(23)26(30)28-21-13-14-31-22-12-4-3-9-19(21)22/h3-12,15,21H,13-14H2,1-2H3,(H,28,30)/t21-/m0/s1. The van der Waals surface area contributed by atoms with E-state index in [1.807, 2.05) is 67.5 Å². The predicted octanol–water partition coefficient (Wildman–Crippen LogP) is 6.54. The molecule has 0 bridgehead atoms. The third-order valence-corrected chi connectivity index (χ3v) is 7.20. The number of ether oxygens (including phenoxy) is 1. The second-order valence-electron chi connectivity index (χ2n) is 8.07. The monoisotopic (exact) mass is 462 g/mol. The number of rotatable bonds is 4. The van der Waals surface area contributed by atoms with Gasteiger partial charge >= 0.3 is 0 Å². The molecule has 1 aliphatic heterocycles. The lowest BCUT2D eigenvalue weighted by molar-refractivity contribution is 0.0929. The highest BCUT2D eigenvalue weighted by molar-refractivity contribution is 7.22. The Balaban J connectivity index is 1.58. The van der Waals surface area contributed by atoms with E-state index in [1.54, 1.807) is 0 Å². The number of para-hydroxylation sites is 1. The molecule has 0 unspecified atom stereocenters. The minimum absolute atomic E-state index is 0.0614. The summed E-state index contributed by atoms with van der Waals surface area (Å²) < 4.78 is 6.84. The Bertz CT molecular complexity index is 1310. The van der Waals surface area contributed by atoms with Crippen molar-refractivity contribution in [3.63, 3.8) is 0 Å². The van der Waals surface area contributed by atoms with Crippen molar-refractivity contribution in [2.75, 3.05) is 25.6 Å². The van der Waals surface area contributed by atoms with E-state index in [0.29, 0.717) is 16.5 Å². The normalized spacial score (nSPS) is 15.2. The smallest absolute Gasteiger partial charge is 0.264 e. The molecule has 5 rings (SSSR count). The Morgan fingerprint density at radius 3 is 2.72 bits per heavy atom. The van der Waals surface area contributed by atoms with E-state index in [1.165, 1.54) is 11.3 Å². The molecule has 0 saturated carbocycles. The molecule has 0 saturated heterocycles. The number of fused-ring (bicyclic) bond motifs is 2. The highest BCUT2D eigenvalue weighted by Crippen LogP contribution is 2.43. The van der Waals surface area contributed by atoms with Crippen molar-refractivity contribution in [3.05, 3.63) is 82.2 Å². The fourth-order valence-electron chi connectivity index (χ4n) is 4.30. The summed E-state index contributed by atoms with van der Waals surface area (Å²) in [6, 6.07) is 21.9. The van der Waals surface area contributed by atoms with Crippen LogP contribution in [0, 0.1) is 0 Å². The molecule has 32 heavy (non-hydrogen) atoms. The molecule has 1 amide bonds. The second kappa shape index (κ2) is 8.49. The Morgan fingerprint density at radius 2 is 1.91 bits per heavy atom. The van der Waals surface area contributed by atoms with Gasteiger partial charge in [0.1, 0.15) is 10.6 Å². The second-order valence-corrected chi connectivity index (χ2v) is 9.52. The zero-order valence-electron chi connectivity index (χ0n) is 17.9. The zero-order chi connectivity index (χ0) is 22.2. The van der Waals surface area contributed by atoms with Crippen molar-refractivity contribution in [3.8, 4) is 16.9 Å². The molecule has 1 atom stereocenters. The number of thiophene rings is 1. The van der Waals surface area contributed by atoms with Crippen LogP contribution in [0.5, 0.6) is 5.75 Å². The maximum absolute atomic E-state index is 13.5.